The zero-order valence-corrected chi connectivity index (χ0v) is 17.9. The lowest BCUT2D eigenvalue weighted by Gasteiger charge is -2.13. The van der Waals surface area contributed by atoms with E-state index in [1.165, 1.54) is 16.7 Å². The van der Waals surface area contributed by atoms with E-state index in [0.29, 0.717) is 6.42 Å². The van der Waals surface area contributed by atoms with Crippen LogP contribution in [0.5, 0.6) is 5.75 Å². The van der Waals surface area contributed by atoms with E-state index < -0.39 is 0 Å². The molecule has 5 heteroatoms. The van der Waals surface area contributed by atoms with Crippen LogP contribution in [0.4, 0.5) is 0 Å². The molecular formula is C23H26N2O2S. The fraction of sp³-hybridized carbons (Fsp3) is 0.304. The molecule has 0 aliphatic carbocycles. The van der Waals surface area contributed by atoms with Crippen molar-refractivity contribution in [1.29, 1.82) is 0 Å². The average Bonchev–Trinajstić information content (AvgIpc) is 2.69. The number of hydrogen-bond acceptors (Lipinski definition) is 4. The smallest absolute Gasteiger partial charge is 0.257 e. The number of nitrogens with zero attached hydrogens (tertiary/aromatic N) is 2. The van der Waals surface area contributed by atoms with Crippen LogP contribution < -0.4 is 10.3 Å². The van der Waals surface area contributed by atoms with Gasteiger partial charge < -0.3 is 4.74 Å². The molecule has 0 fully saturated rings. The maximum Gasteiger partial charge on any atom is 0.257 e. The summed E-state index contributed by atoms with van der Waals surface area (Å²) in [6, 6.07) is 14.3. The van der Waals surface area contributed by atoms with Crippen molar-refractivity contribution < 1.29 is 4.74 Å². The predicted octanol–water partition coefficient (Wildman–Crippen LogP) is 4.60. The molecule has 1 heterocycles. The third kappa shape index (κ3) is 4.47. The highest BCUT2D eigenvalue weighted by atomic mass is 32.2. The minimum atomic E-state index is 0.0202. The first-order chi connectivity index (χ1) is 13.4. The number of ether oxygens (including phenoxy) is 1. The van der Waals surface area contributed by atoms with Crippen LogP contribution >= 0.6 is 11.8 Å². The minimum Gasteiger partial charge on any atom is -0.497 e. The second kappa shape index (κ2) is 8.65. The van der Waals surface area contributed by atoms with Gasteiger partial charge in [-0.1, -0.05) is 47.7 Å². The van der Waals surface area contributed by atoms with Crippen LogP contribution in [-0.4, -0.2) is 16.7 Å². The molecule has 3 aromatic rings. The van der Waals surface area contributed by atoms with Crippen molar-refractivity contribution in [2.45, 2.75) is 38.1 Å². The first kappa shape index (κ1) is 20.2. The number of aryl methyl sites for hydroxylation is 3. The fourth-order valence-corrected chi connectivity index (χ4v) is 4.18. The lowest BCUT2D eigenvalue weighted by molar-refractivity contribution is 0.414. The average molecular weight is 395 g/mol. The molecule has 0 aliphatic rings. The van der Waals surface area contributed by atoms with Crippen molar-refractivity contribution in [3.8, 4) is 5.75 Å². The van der Waals surface area contributed by atoms with Gasteiger partial charge >= 0.3 is 0 Å². The van der Waals surface area contributed by atoms with Crippen LogP contribution in [0.25, 0.3) is 0 Å². The Morgan fingerprint density at radius 2 is 1.79 bits per heavy atom. The standard InChI is InChI=1S/C23H26N2O2S/c1-15-6-7-16(2)19(12-15)14-28-23-24-17(3)21(22(26)25(23)4)13-18-8-10-20(27-5)11-9-18/h6-12H,13-14H2,1-5H3. The van der Waals surface area contributed by atoms with Crippen molar-refractivity contribution in [3.05, 3.63) is 86.3 Å². The summed E-state index contributed by atoms with van der Waals surface area (Å²) < 4.78 is 6.87. The van der Waals surface area contributed by atoms with Gasteiger partial charge in [0.05, 0.1) is 7.11 Å². The molecule has 0 spiro atoms. The lowest BCUT2D eigenvalue weighted by atomic mass is 10.1. The van der Waals surface area contributed by atoms with Crippen LogP contribution in [0.1, 0.15) is 33.5 Å². The Balaban J connectivity index is 1.83. The maximum absolute atomic E-state index is 13.0. The quantitative estimate of drug-likeness (QED) is 0.453. The third-order valence-corrected chi connectivity index (χ3v) is 6.03. The van der Waals surface area contributed by atoms with Crippen LogP contribution in [0.15, 0.2) is 52.4 Å². The van der Waals surface area contributed by atoms with Gasteiger partial charge in [0.25, 0.3) is 5.56 Å². The SMILES string of the molecule is COc1ccc(Cc2c(C)nc(SCc3cc(C)ccc3C)n(C)c2=O)cc1. The van der Waals surface area contributed by atoms with Gasteiger partial charge in [-0.05, 0) is 49.6 Å². The van der Waals surface area contributed by atoms with E-state index in [4.69, 9.17) is 9.72 Å². The van der Waals surface area contributed by atoms with Crippen molar-refractivity contribution in [2.75, 3.05) is 7.11 Å². The Hall–Kier alpha value is -2.53. The summed E-state index contributed by atoms with van der Waals surface area (Å²) in [6.45, 7) is 6.13. The molecule has 1 aromatic heterocycles. The molecule has 0 saturated heterocycles. The topological polar surface area (TPSA) is 44.1 Å². The lowest BCUT2D eigenvalue weighted by Crippen LogP contribution is -2.25. The Labute approximate surface area is 170 Å². The highest BCUT2D eigenvalue weighted by Gasteiger charge is 2.13. The van der Waals surface area contributed by atoms with Crippen LogP contribution in [0.3, 0.4) is 0 Å². The van der Waals surface area contributed by atoms with Gasteiger partial charge in [-0.15, -0.1) is 0 Å². The van der Waals surface area contributed by atoms with E-state index in [1.54, 1.807) is 30.5 Å². The van der Waals surface area contributed by atoms with Gasteiger partial charge in [0.1, 0.15) is 5.75 Å². The Morgan fingerprint density at radius 3 is 2.46 bits per heavy atom. The second-order valence-electron chi connectivity index (χ2n) is 7.07. The maximum atomic E-state index is 13.0. The summed E-state index contributed by atoms with van der Waals surface area (Å²) in [5.74, 6) is 1.61. The van der Waals surface area contributed by atoms with Gasteiger partial charge in [-0.25, -0.2) is 4.98 Å². The van der Waals surface area contributed by atoms with Crippen molar-refractivity contribution >= 4 is 11.8 Å². The summed E-state index contributed by atoms with van der Waals surface area (Å²) in [5.41, 5.74) is 6.40. The molecule has 28 heavy (non-hydrogen) atoms. The summed E-state index contributed by atoms with van der Waals surface area (Å²) in [7, 11) is 3.45. The Bertz CT molecular complexity index is 1040. The Kier molecular flexibility index (Phi) is 6.25. The van der Waals surface area contributed by atoms with Gasteiger partial charge in [0.2, 0.25) is 0 Å². The van der Waals surface area contributed by atoms with Crippen LogP contribution in [-0.2, 0) is 19.2 Å². The van der Waals surface area contributed by atoms with Gasteiger partial charge in [-0.2, -0.15) is 0 Å². The molecular weight excluding hydrogens is 368 g/mol. The molecule has 146 valence electrons. The van der Waals surface area contributed by atoms with Gasteiger partial charge in [0.15, 0.2) is 5.16 Å². The first-order valence-electron chi connectivity index (χ1n) is 9.27. The molecule has 0 bridgehead atoms. The van der Waals surface area contributed by atoms with E-state index in [0.717, 1.165) is 33.5 Å². The van der Waals surface area contributed by atoms with Crippen molar-refractivity contribution in [1.82, 2.24) is 9.55 Å². The third-order valence-electron chi connectivity index (χ3n) is 4.95. The summed E-state index contributed by atoms with van der Waals surface area (Å²) in [4.78, 5) is 17.7. The molecule has 0 N–H and O–H groups in total. The van der Waals surface area contributed by atoms with E-state index in [9.17, 15) is 4.79 Å². The molecule has 0 amide bonds. The van der Waals surface area contributed by atoms with E-state index in [2.05, 4.69) is 32.0 Å². The molecule has 4 nitrogen and oxygen atoms in total. The molecule has 0 aliphatic heterocycles. The molecule has 0 atom stereocenters. The number of rotatable bonds is 6. The molecule has 2 aromatic carbocycles. The monoisotopic (exact) mass is 394 g/mol. The molecule has 0 radical (unpaired) electrons. The normalized spacial score (nSPS) is 10.9. The van der Waals surface area contributed by atoms with Crippen LogP contribution in [0, 0.1) is 20.8 Å². The summed E-state index contributed by atoms with van der Waals surface area (Å²) in [5, 5.41) is 0.752. The first-order valence-corrected chi connectivity index (χ1v) is 10.3. The number of aromatic nitrogens is 2. The highest BCUT2D eigenvalue weighted by Crippen LogP contribution is 2.24. The number of thioether (sulfide) groups is 1. The largest absolute Gasteiger partial charge is 0.497 e. The zero-order chi connectivity index (χ0) is 20.3. The predicted molar refractivity (Wildman–Crippen MR) is 115 cm³/mol. The fourth-order valence-electron chi connectivity index (χ4n) is 3.11. The zero-order valence-electron chi connectivity index (χ0n) is 17.1. The number of methoxy groups -OCH3 is 1. The molecule has 0 unspecified atom stereocenters. The summed E-state index contributed by atoms with van der Waals surface area (Å²) in [6.07, 6.45) is 0.567. The second-order valence-corrected chi connectivity index (χ2v) is 8.01. The summed E-state index contributed by atoms with van der Waals surface area (Å²) >= 11 is 1.61. The Morgan fingerprint density at radius 1 is 1.07 bits per heavy atom. The van der Waals surface area contributed by atoms with E-state index >= 15 is 0 Å². The van der Waals surface area contributed by atoms with Gasteiger partial charge in [0, 0.05) is 30.5 Å². The van der Waals surface area contributed by atoms with Crippen LogP contribution in [0.2, 0.25) is 0 Å². The minimum absolute atomic E-state index is 0.0202. The molecule has 3 rings (SSSR count). The van der Waals surface area contributed by atoms with Crippen molar-refractivity contribution in [3.63, 3.8) is 0 Å². The number of benzene rings is 2. The highest BCUT2D eigenvalue weighted by molar-refractivity contribution is 7.98. The van der Waals surface area contributed by atoms with Crippen molar-refractivity contribution in [2.24, 2.45) is 7.05 Å². The van der Waals surface area contributed by atoms with Gasteiger partial charge in [-0.3, -0.25) is 9.36 Å². The number of hydrogen-bond donors (Lipinski definition) is 0. The van der Waals surface area contributed by atoms with E-state index in [1.807, 2.05) is 31.2 Å². The molecule has 0 saturated carbocycles. The van der Waals surface area contributed by atoms with E-state index in [-0.39, 0.29) is 5.56 Å².